The number of esters is 1. The highest BCUT2D eigenvalue weighted by atomic mass is 32.2. The summed E-state index contributed by atoms with van der Waals surface area (Å²) >= 11 is 1.22. The average molecular weight is 516 g/mol. The van der Waals surface area contributed by atoms with E-state index in [0.29, 0.717) is 40.3 Å². The fraction of sp³-hybridized carbons (Fsp3) is 0.200. The first-order chi connectivity index (χ1) is 18.0. The van der Waals surface area contributed by atoms with Crippen LogP contribution in [0.15, 0.2) is 94.0 Å². The summed E-state index contributed by atoms with van der Waals surface area (Å²) in [5.74, 6) is 0.456. The van der Waals surface area contributed by atoms with Crippen molar-refractivity contribution in [1.82, 2.24) is 0 Å². The Bertz CT molecular complexity index is 1340. The molecule has 0 unspecified atom stereocenters. The normalized spacial score (nSPS) is 15.3. The minimum Gasteiger partial charge on any atom is -0.506 e. The van der Waals surface area contributed by atoms with Gasteiger partial charge in [0.25, 0.3) is 0 Å². The van der Waals surface area contributed by atoms with Crippen LogP contribution in [0.4, 0.5) is 5.69 Å². The van der Waals surface area contributed by atoms with Gasteiger partial charge in [-0.3, -0.25) is 0 Å². The Morgan fingerprint density at radius 2 is 1.70 bits per heavy atom. The number of rotatable bonds is 9. The number of thioether (sulfide) groups is 1. The molecule has 0 spiro atoms. The van der Waals surface area contributed by atoms with Crippen molar-refractivity contribution < 1.29 is 24.1 Å². The highest BCUT2D eigenvalue weighted by molar-refractivity contribution is 8.18. The first-order valence-electron chi connectivity index (χ1n) is 12.1. The highest BCUT2D eigenvalue weighted by Gasteiger charge is 2.33. The van der Waals surface area contributed by atoms with Crippen molar-refractivity contribution in [3.63, 3.8) is 0 Å². The van der Waals surface area contributed by atoms with Crippen LogP contribution < -0.4 is 9.47 Å². The molecule has 4 rings (SSSR count). The Morgan fingerprint density at radius 1 is 0.946 bits per heavy atom. The molecular weight excluding hydrogens is 486 g/mol. The molecule has 1 aliphatic heterocycles. The molecule has 0 bridgehead atoms. The summed E-state index contributed by atoms with van der Waals surface area (Å²) in [6.07, 6.45) is 1.79. The van der Waals surface area contributed by atoms with Gasteiger partial charge in [0, 0.05) is 0 Å². The Labute approximate surface area is 221 Å². The molecule has 0 saturated heterocycles. The number of aryl methyl sites for hydroxylation is 1. The zero-order chi connectivity index (χ0) is 26.2. The fourth-order valence-electron chi connectivity index (χ4n) is 3.61. The van der Waals surface area contributed by atoms with E-state index in [4.69, 9.17) is 14.2 Å². The van der Waals surface area contributed by atoms with Gasteiger partial charge in [-0.15, -0.1) is 0 Å². The number of aliphatic imine (C=N–C) groups is 1. The van der Waals surface area contributed by atoms with Crippen molar-refractivity contribution in [3.05, 3.63) is 106 Å². The van der Waals surface area contributed by atoms with Crippen LogP contribution >= 0.6 is 11.8 Å². The van der Waals surface area contributed by atoms with Gasteiger partial charge in [-0.2, -0.15) is 0 Å². The van der Waals surface area contributed by atoms with E-state index in [0.717, 1.165) is 11.1 Å². The molecule has 1 aliphatic rings. The summed E-state index contributed by atoms with van der Waals surface area (Å²) < 4.78 is 17.0. The topological polar surface area (TPSA) is 77.4 Å². The van der Waals surface area contributed by atoms with Gasteiger partial charge in [0.2, 0.25) is 0 Å². The lowest BCUT2D eigenvalue weighted by molar-refractivity contribution is -0.138. The van der Waals surface area contributed by atoms with Crippen molar-refractivity contribution in [2.45, 2.75) is 27.4 Å². The maximum Gasteiger partial charge on any atom is 0.344 e. The predicted octanol–water partition coefficient (Wildman–Crippen LogP) is 7.17. The van der Waals surface area contributed by atoms with Crippen molar-refractivity contribution in [2.24, 2.45) is 4.99 Å². The number of carbonyl (C=O) groups excluding carboxylic acids is 1. The number of benzene rings is 3. The highest BCUT2D eigenvalue weighted by Crippen LogP contribution is 2.41. The van der Waals surface area contributed by atoms with Gasteiger partial charge in [-0.05, 0) is 62.2 Å². The van der Waals surface area contributed by atoms with Gasteiger partial charge < -0.3 is 19.3 Å². The fourth-order valence-corrected chi connectivity index (χ4v) is 4.65. The zero-order valence-corrected chi connectivity index (χ0v) is 21.9. The second kappa shape index (κ2) is 12.3. The third kappa shape index (κ3) is 6.62. The quantitative estimate of drug-likeness (QED) is 0.305. The van der Waals surface area contributed by atoms with Crippen LogP contribution in [-0.2, 0) is 16.1 Å². The molecule has 37 heavy (non-hydrogen) atoms. The van der Waals surface area contributed by atoms with Crippen LogP contribution in [0.3, 0.4) is 0 Å². The Kier molecular flexibility index (Phi) is 8.69. The van der Waals surface area contributed by atoms with Crippen LogP contribution in [-0.4, -0.2) is 29.3 Å². The molecule has 6 nitrogen and oxygen atoms in total. The number of ether oxygens (including phenoxy) is 3. The Morgan fingerprint density at radius 3 is 2.41 bits per heavy atom. The smallest absolute Gasteiger partial charge is 0.344 e. The maximum atomic E-state index is 12.6. The molecule has 0 saturated carbocycles. The van der Waals surface area contributed by atoms with E-state index in [1.54, 1.807) is 13.0 Å². The minimum atomic E-state index is -0.611. The number of aliphatic hydroxyl groups excluding tert-OH is 1. The number of hydrogen-bond acceptors (Lipinski definition) is 7. The molecule has 0 fully saturated rings. The third-order valence-electron chi connectivity index (χ3n) is 5.44. The lowest BCUT2D eigenvalue weighted by atomic mass is 10.1. The predicted molar refractivity (Wildman–Crippen MR) is 149 cm³/mol. The summed E-state index contributed by atoms with van der Waals surface area (Å²) in [6, 6.07) is 23.0. The molecule has 1 heterocycles. The molecule has 0 aliphatic carbocycles. The van der Waals surface area contributed by atoms with Crippen LogP contribution in [0, 0.1) is 6.92 Å². The lowest BCUT2D eigenvalue weighted by Crippen LogP contribution is -2.12. The number of nitrogens with zero attached hydrogens (tertiary/aromatic N) is 1. The van der Waals surface area contributed by atoms with Gasteiger partial charge in [0.1, 0.15) is 23.0 Å². The second-order valence-electron chi connectivity index (χ2n) is 8.22. The molecule has 0 amide bonds. The monoisotopic (exact) mass is 515 g/mol. The molecular formula is C30H29NO5S. The minimum absolute atomic E-state index is 0.0602. The van der Waals surface area contributed by atoms with E-state index < -0.39 is 5.97 Å². The summed E-state index contributed by atoms with van der Waals surface area (Å²) in [6.45, 7) is 6.77. The van der Waals surface area contributed by atoms with E-state index in [9.17, 15) is 9.90 Å². The summed E-state index contributed by atoms with van der Waals surface area (Å²) in [5, 5.41) is 11.4. The van der Waals surface area contributed by atoms with E-state index in [-0.39, 0.29) is 17.9 Å². The van der Waals surface area contributed by atoms with Gasteiger partial charge in [-0.25, -0.2) is 9.79 Å². The van der Waals surface area contributed by atoms with Crippen molar-refractivity contribution >= 4 is 34.5 Å². The summed E-state index contributed by atoms with van der Waals surface area (Å²) in [4.78, 5) is 17.7. The van der Waals surface area contributed by atoms with Crippen LogP contribution in [0.5, 0.6) is 11.5 Å². The first kappa shape index (κ1) is 26.1. The van der Waals surface area contributed by atoms with Crippen LogP contribution in [0.1, 0.15) is 30.5 Å². The van der Waals surface area contributed by atoms with Crippen LogP contribution in [0.2, 0.25) is 0 Å². The number of hydrogen-bond donors (Lipinski definition) is 1. The molecule has 3 aromatic rings. The van der Waals surface area contributed by atoms with Crippen molar-refractivity contribution in [3.8, 4) is 11.5 Å². The molecule has 0 atom stereocenters. The molecule has 3 aromatic carbocycles. The maximum absolute atomic E-state index is 12.6. The number of para-hydroxylation sites is 1. The number of aliphatic hydroxyl groups is 1. The lowest BCUT2D eigenvalue weighted by Gasteiger charge is -2.13. The van der Waals surface area contributed by atoms with E-state index in [1.807, 2.05) is 74.5 Å². The first-order valence-corrected chi connectivity index (χ1v) is 12.9. The third-order valence-corrected chi connectivity index (χ3v) is 6.46. The van der Waals surface area contributed by atoms with Gasteiger partial charge >= 0.3 is 5.97 Å². The molecule has 7 heteroatoms. The molecule has 190 valence electrons. The molecule has 0 radical (unpaired) electrons. The largest absolute Gasteiger partial charge is 0.506 e. The van der Waals surface area contributed by atoms with E-state index in [1.165, 1.54) is 17.3 Å². The van der Waals surface area contributed by atoms with Crippen LogP contribution in [0.25, 0.3) is 6.08 Å². The Balaban J connectivity index is 1.62. The van der Waals surface area contributed by atoms with E-state index in [2.05, 4.69) is 17.1 Å². The van der Waals surface area contributed by atoms with E-state index >= 15 is 0 Å². The molecule has 0 aromatic heterocycles. The van der Waals surface area contributed by atoms with Gasteiger partial charge in [0.15, 0.2) is 11.5 Å². The summed E-state index contributed by atoms with van der Waals surface area (Å²) in [5.41, 5.74) is 3.78. The van der Waals surface area contributed by atoms with Crippen molar-refractivity contribution in [2.75, 3.05) is 13.2 Å². The van der Waals surface area contributed by atoms with Gasteiger partial charge in [-0.1, -0.05) is 65.9 Å². The molecule has 1 N–H and O–H groups in total. The van der Waals surface area contributed by atoms with Crippen molar-refractivity contribution in [1.29, 1.82) is 0 Å². The van der Waals surface area contributed by atoms with Gasteiger partial charge in [0.05, 0.1) is 23.8 Å². The summed E-state index contributed by atoms with van der Waals surface area (Å²) in [7, 11) is 0. The number of carbonyl (C=O) groups is 1. The second-order valence-corrected chi connectivity index (χ2v) is 9.25. The average Bonchev–Trinajstić information content (AvgIpc) is 3.19. The SMILES string of the molecule is CCOC(=O)C1=C(O)/C(=C/c2ccc(OCc3ccc(C)cc3)c(OCC)c2)SC1=Nc1ccccc1. The Hall–Kier alpha value is -3.97. The standard InChI is InChI=1S/C30H29NO5S/c1-4-34-25-17-22(15-16-24(25)36-19-21-13-11-20(3)12-14-21)18-26-28(32)27(30(33)35-5-2)29(37-26)31-23-9-7-6-8-10-23/h6-18,32H,4-5,19H2,1-3H3/b26-18-,31-29?. The zero-order valence-electron chi connectivity index (χ0n) is 21.1.